The molecule has 0 aromatic heterocycles. The zero-order valence-electron chi connectivity index (χ0n) is 11.4. The zero-order valence-corrected chi connectivity index (χ0v) is 11.4. The molecule has 5 atom stereocenters. The molecule has 0 radical (unpaired) electrons. The molecule has 3 unspecified atom stereocenters. The summed E-state index contributed by atoms with van der Waals surface area (Å²) >= 11 is 0. The minimum Gasteiger partial charge on any atom is -0.388 e. The van der Waals surface area contributed by atoms with E-state index in [1.165, 1.54) is 4.90 Å². The number of aliphatic hydroxyl groups is 2. The maximum Gasteiger partial charge on any atom is 0.243 e. The molecule has 2 saturated heterocycles. The van der Waals surface area contributed by atoms with Crippen LogP contribution in [0.5, 0.6) is 0 Å². The van der Waals surface area contributed by atoms with Crippen molar-refractivity contribution in [3.63, 3.8) is 0 Å². The Balaban J connectivity index is 1.83. The van der Waals surface area contributed by atoms with Gasteiger partial charge in [0.15, 0.2) is 0 Å². The molecule has 1 aliphatic carbocycles. The summed E-state index contributed by atoms with van der Waals surface area (Å²) in [7, 11) is 0. The molecule has 4 N–H and O–H groups in total. The number of carbonyl (C=O) groups is 1. The predicted molar refractivity (Wildman–Crippen MR) is 67.1 cm³/mol. The van der Waals surface area contributed by atoms with Crippen molar-refractivity contribution < 1.29 is 19.7 Å². The van der Waals surface area contributed by atoms with Crippen molar-refractivity contribution in [2.24, 2.45) is 17.1 Å². The summed E-state index contributed by atoms with van der Waals surface area (Å²) in [5, 5.41) is 19.2. The van der Waals surface area contributed by atoms with Crippen LogP contribution in [0.1, 0.15) is 20.3 Å². The second kappa shape index (κ2) is 3.91. The van der Waals surface area contributed by atoms with E-state index in [4.69, 9.17) is 10.5 Å². The Labute approximate surface area is 112 Å². The van der Waals surface area contributed by atoms with Crippen LogP contribution in [0.4, 0.5) is 0 Å². The van der Waals surface area contributed by atoms with Gasteiger partial charge in [-0.25, -0.2) is 0 Å². The topological polar surface area (TPSA) is 96.0 Å². The van der Waals surface area contributed by atoms with Gasteiger partial charge < -0.3 is 25.6 Å². The lowest BCUT2D eigenvalue weighted by molar-refractivity contribution is -0.183. The molecule has 3 rings (SSSR count). The molecule has 2 heterocycles. The summed E-state index contributed by atoms with van der Waals surface area (Å²) < 4.78 is 5.67. The fraction of sp³-hybridized carbons (Fsp3) is 0.923. The van der Waals surface area contributed by atoms with Crippen LogP contribution < -0.4 is 5.73 Å². The highest BCUT2D eigenvalue weighted by Crippen LogP contribution is 2.58. The summed E-state index contributed by atoms with van der Waals surface area (Å²) in [5.41, 5.74) is 5.09. The maximum absolute atomic E-state index is 12.7. The summed E-state index contributed by atoms with van der Waals surface area (Å²) in [6.07, 6.45) is -0.897. The van der Waals surface area contributed by atoms with E-state index in [1.807, 2.05) is 13.8 Å². The van der Waals surface area contributed by atoms with Crippen LogP contribution in [0.2, 0.25) is 0 Å². The molecule has 0 bridgehead atoms. The molecular formula is C13H22N2O4. The van der Waals surface area contributed by atoms with Crippen LogP contribution in [0.15, 0.2) is 0 Å². The summed E-state index contributed by atoms with van der Waals surface area (Å²) in [6.45, 7) is 4.89. The Morgan fingerprint density at radius 1 is 1.32 bits per heavy atom. The number of fused-ring (bicyclic) bond motifs is 1. The molecule has 1 saturated carbocycles. The number of nitrogens with zero attached hydrogens (tertiary/aromatic N) is 1. The molecule has 1 amide bonds. The summed E-state index contributed by atoms with van der Waals surface area (Å²) in [4.78, 5) is 14.2. The minimum atomic E-state index is -0.946. The second-order valence-corrected chi connectivity index (χ2v) is 6.62. The third-order valence-corrected chi connectivity index (χ3v) is 5.35. The number of ether oxygens (including phenoxy) is 1. The van der Waals surface area contributed by atoms with Gasteiger partial charge in [-0.1, -0.05) is 13.8 Å². The van der Waals surface area contributed by atoms with Gasteiger partial charge in [-0.15, -0.1) is 0 Å². The summed E-state index contributed by atoms with van der Waals surface area (Å²) in [5.74, 6) is -0.121. The van der Waals surface area contributed by atoms with E-state index in [2.05, 4.69) is 0 Å². The number of likely N-dealkylation sites (tertiary alicyclic amines) is 1. The van der Waals surface area contributed by atoms with Gasteiger partial charge in [-0.2, -0.15) is 0 Å². The number of carbonyl (C=O) groups excluding carboxylic acids is 1. The lowest BCUT2D eigenvalue weighted by Crippen LogP contribution is -2.80. The van der Waals surface area contributed by atoms with Gasteiger partial charge in [-0.3, -0.25) is 4.79 Å². The van der Waals surface area contributed by atoms with E-state index in [-0.39, 0.29) is 31.0 Å². The molecule has 0 aromatic carbocycles. The minimum absolute atomic E-state index is 0.0406. The number of aliphatic hydroxyl groups excluding tert-OH is 2. The van der Waals surface area contributed by atoms with E-state index in [0.717, 1.165) is 6.42 Å². The molecule has 3 fully saturated rings. The van der Waals surface area contributed by atoms with Gasteiger partial charge in [-0.05, 0) is 6.42 Å². The number of rotatable bonds is 1. The van der Waals surface area contributed by atoms with Gasteiger partial charge in [0.25, 0.3) is 0 Å². The average Bonchev–Trinajstić information content (AvgIpc) is 2.94. The fourth-order valence-electron chi connectivity index (χ4n) is 4.02. The molecule has 2 aliphatic heterocycles. The Morgan fingerprint density at radius 3 is 2.47 bits per heavy atom. The average molecular weight is 270 g/mol. The van der Waals surface area contributed by atoms with E-state index in [9.17, 15) is 15.0 Å². The van der Waals surface area contributed by atoms with Crippen LogP contribution in [0.3, 0.4) is 0 Å². The molecule has 6 heteroatoms. The van der Waals surface area contributed by atoms with Gasteiger partial charge in [0.2, 0.25) is 5.91 Å². The SMILES string of the molecule is CC1(C)C2OCCC2C1(N)C(=O)N1C[C@@H](O)[C@@H](O)C1. The smallest absolute Gasteiger partial charge is 0.243 e. The molecule has 6 nitrogen and oxygen atoms in total. The lowest BCUT2D eigenvalue weighted by atomic mass is 9.47. The van der Waals surface area contributed by atoms with Crippen molar-refractivity contribution in [1.29, 1.82) is 0 Å². The molecule has 3 aliphatic rings. The van der Waals surface area contributed by atoms with Crippen LogP contribution in [0, 0.1) is 11.3 Å². The van der Waals surface area contributed by atoms with Gasteiger partial charge in [0.05, 0.1) is 18.3 Å². The lowest BCUT2D eigenvalue weighted by Gasteiger charge is -2.61. The van der Waals surface area contributed by atoms with Gasteiger partial charge in [0, 0.05) is 31.0 Å². The number of hydrogen-bond donors (Lipinski definition) is 3. The highest BCUT2D eigenvalue weighted by Gasteiger charge is 2.72. The first-order valence-electron chi connectivity index (χ1n) is 6.86. The van der Waals surface area contributed by atoms with Crippen molar-refractivity contribution >= 4 is 5.91 Å². The van der Waals surface area contributed by atoms with Crippen molar-refractivity contribution in [1.82, 2.24) is 4.90 Å². The first-order chi connectivity index (χ1) is 8.80. The van der Waals surface area contributed by atoms with E-state index >= 15 is 0 Å². The second-order valence-electron chi connectivity index (χ2n) is 6.62. The van der Waals surface area contributed by atoms with Gasteiger partial charge >= 0.3 is 0 Å². The standard InChI is InChI=1S/C13H22N2O4/c1-12(2)10-7(3-4-19-10)13(12,14)11(18)15-5-8(16)9(17)6-15/h7-10,16-17H,3-6,14H2,1-2H3/t7?,8-,9+,10?,13?. The number of hydrogen-bond acceptors (Lipinski definition) is 5. The van der Waals surface area contributed by atoms with Crippen molar-refractivity contribution in [3.05, 3.63) is 0 Å². The normalized spacial score (nSPS) is 47.9. The van der Waals surface area contributed by atoms with Crippen molar-refractivity contribution in [2.75, 3.05) is 19.7 Å². The van der Waals surface area contributed by atoms with Crippen LogP contribution in [-0.4, -0.2) is 64.6 Å². The molecule has 108 valence electrons. The Hall–Kier alpha value is -0.690. The van der Waals surface area contributed by atoms with Crippen molar-refractivity contribution in [2.45, 2.75) is 44.1 Å². The molecule has 0 aromatic rings. The first-order valence-corrected chi connectivity index (χ1v) is 6.86. The van der Waals surface area contributed by atoms with E-state index < -0.39 is 23.2 Å². The third kappa shape index (κ3) is 1.48. The van der Waals surface area contributed by atoms with Crippen molar-refractivity contribution in [3.8, 4) is 0 Å². The Morgan fingerprint density at radius 2 is 1.89 bits per heavy atom. The zero-order chi connectivity index (χ0) is 14.0. The number of nitrogens with two attached hydrogens (primary N) is 1. The predicted octanol–water partition coefficient (Wildman–Crippen LogP) is -1.31. The van der Waals surface area contributed by atoms with Crippen LogP contribution >= 0.6 is 0 Å². The molecular weight excluding hydrogens is 248 g/mol. The largest absolute Gasteiger partial charge is 0.388 e. The number of amides is 1. The molecule has 19 heavy (non-hydrogen) atoms. The quantitative estimate of drug-likeness (QED) is 0.550. The van der Waals surface area contributed by atoms with E-state index in [1.54, 1.807) is 0 Å². The first kappa shape index (κ1) is 13.3. The Bertz CT molecular complexity index is 403. The van der Waals surface area contributed by atoms with Gasteiger partial charge in [0.1, 0.15) is 5.54 Å². The Kier molecular flexibility index (Phi) is 2.74. The monoisotopic (exact) mass is 270 g/mol. The molecule has 0 spiro atoms. The number of β-amino-alcohol motifs (C(OH)–C–C–N with tert-alkyl or cyclic N) is 2. The van der Waals surface area contributed by atoms with Crippen LogP contribution in [-0.2, 0) is 9.53 Å². The van der Waals surface area contributed by atoms with E-state index in [0.29, 0.717) is 6.61 Å². The third-order valence-electron chi connectivity index (χ3n) is 5.35. The van der Waals surface area contributed by atoms with Crippen LogP contribution in [0.25, 0.3) is 0 Å². The fourth-order valence-corrected chi connectivity index (χ4v) is 4.02. The maximum atomic E-state index is 12.7. The summed E-state index contributed by atoms with van der Waals surface area (Å²) in [6, 6.07) is 0. The highest BCUT2D eigenvalue weighted by atomic mass is 16.5. The highest BCUT2D eigenvalue weighted by molar-refractivity contribution is 5.90.